The lowest BCUT2D eigenvalue weighted by atomic mass is 10.0. The number of carbonyl (C=O) groups is 2. The van der Waals surface area contributed by atoms with E-state index in [-0.39, 0.29) is 11.9 Å². The second kappa shape index (κ2) is 8.43. The molecule has 5 nitrogen and oxygen atoms in total. The van der Waals surface area contributed by atoms with E-state index in [1.54, 1.807) is 29.2 Å². The molecule has 1 spiro atoms. The average Bonchev–Trinajstić information content (AvgIpc) is 3.31. The van der Waals surface area contributed by atoms with Crippen LogP contribution in [0, 0.1) is 13.8 Å². The van der Waals surface area contributed by atoms with E-state index in [0.29, 0.717) is 29.6 Å². The molecule has 1 fully saturated rings. The summed E-state index contributed by atoms with van der Waals surface area (Å²) >= 11 is 7.62. The standard InChI is InChI=1S/C26H24ClN3O2S/c1-17-5-3-6-19(13-17)16-29-23-10-9-18(2)14-22(23)26(24(29)31)30(11-12-33-26)25(32)28-21-8-4-7-20(27)15-21/h3-10,13-15H,11-12,16H2,1-2H3,(H,28,32)/t26-/m1/s1. The summed E-state index contributed by atoms with van der Waals surface area (Å²) in [7, 11) is 0. The Kier molecular flexibility index (Phi) is 5.59. The minimum Gasteiger partial charge on any atom is -0.308 e. The molecule has 0 radical (unpaired) electrons. The summed E-state index contributed by atoms with van der Waals surface area (Å²) in [6.07, 6.45) is 0. The fourth-order valence-corrected chi connectivity index (χ4v) is 6.28. The van der Waals surface area contributed by atoms with Gasteiger partial charge in [0.25, 0.3) is 5.91 Å². The number of carbonyl (C=O) groups excluding carboxylic acids is 2. The van der Waals surface area contributed by atoms with Crippen LogP contribution >= 0.6 is 23.4 Å². The normalized spacial score (nSPS) is 19.3. The van der Waals surface area contributed by atoms with Crippen molar-refractivity contribution in [1.82, 2.24) is 4.90 Å². The average molecular weight is 478 g/mol. The fraction of sp³-hybridized carbons (Fsp3) is 0.231. The number of nitrogens with one attached hydrogen (secondary N) is 1. The molecule has 2 heterocycles. The Balaban J connectivity index is 1.54. The zero-order valence-electron chi connectivity index (χ0n) is 18.5. The van der Waals surface area contributed by atoms with Gasteiger partial charge in [0.1, 0.15) is 0 Å². The van der Waals surface area contributed by atoms with E-state index >= 15 is 0 Å². The maximum absolute atomic E-state index is 14.1. The maximum Gasteiger partial charge on any atom is 0.323 e. The van der Waals surface area contributed by atoms with E-state index in [1.165, 1.54) is 11.8 Å². The Bertz CT molecular complexity index is 1260. The fourth-order valence-electron chi connectivity index (χ4n) is 4.64. The van der Waals surface area contributed by atoms with Crippen molar-refractivity contribution < 1.29 is 9.59 Å². The summed E-state index contributed by atoms with van der Waals surface area (Å²) in [6, 6.07) is 21.0. The molecule has 0 bridgehead atoms. The van der Waals surface area contributed by atoms with Crippen LogP contribution in [0.25, 0.3) is 0 Å². The van der Waals surface area contributed by atoms with Gasteiger partial charge in [-0.3, -0.25) is 9.69 Å². The van der Waals surface area contributed by atoms with Crippen molar-refractivity contribution in [2.45, 2.75) is 25.3 Å². The molecule has 3 aromatic rings. The van der Waals surface area contributed by atoms with Crippen LogP contribution < -0.4 is 10.2 Å². The van der Waals surface area contributed by atoms with Gasteiger partial charge in [0.2, 0.25) is 0 Å². The first-order valence-electron chi connectivity index (χ1n) is 10.9. The molecule has 0 saturated carbocycles. The molecule has 0 unspecified atom stereocenters. The largest absolute Gasteiger partial charge is 0.323 e. The third-order valence-corrected chi connectivity index (χ3v) is 7.75. The molecule has 1 saturated heterocycles. The molecule has 0 aromatic heterocycles. The van der Waals surface area contributed by atoms with Crippen molar-refractivity contribution in [3.63, 3.8) is 0 Å². The number of benzene rings is 3. The molecule has 0 aliphatic carbocycles. The van der Waals surface area contributed by atoms with Crippen molar-refractivity contribution in [3.05, 3.63) is 94.0 Å². The van der Waals surface area contributed by atoms with Gasteiger partial charge in [0, 0.05) is 28.6 Å². The monoisotopic (exact) mass is 477 g/mol. The van der Waals surface area contributed by atoms with Gasteiger partial charge in [0.15, 0.2) is 4.87 Å². The van der Waals surface area contributed by atoms with Crippen molar-refractivity contribution >= 4 is 46.7 Å². The summed E-state index contributed by atoms with van der Waals surface area (Å²) in [5.41, 5.74) is 5.61. The lowest BCUT2D eigenvalue weighted by Gasteiger charge is -2.33. The Hall–Kier alpha value is -2.96. The highest BCUT2D eigenvalue weighted by molar-refractivity contribution is 8.01. The highest BCUT2D eigenvalue weighted by atomic mass is 35.5. The number of halogens is 1. The van der Waals surface area contributed by atoms with Crippen LogP contribution in [0.2, 0.25) is 5.02 Å². The van der Waals surface area contributed by atoms with Crippen LogP contribution in [-0.4, -0.2) is 29.1 Å². The van der Waals surface area contributed by atoms with Crippen LogP contribution in [0.5, 0.6) is 0 Å². The number of aryl methyl sites for hydroxylation is 2. The number of fused-ring (bicyclic) bond motifs is 2. The number of hydrogen-bond donors (Lipinski definition) is 1. The molecule has 2 aliphatic heterocycles. The molecule has 1 atom stereocenters. The predicted molar refractivity (Wildman–Crippen MR) is 135 cm³/mol. The summed E-state index contributed by atoms with van der Waals surface area (Å²) in [6.45, 7) is 5.00. The lowest BCUT2D eigenvalue weighted by molar-refractivity contribution is -0.123. The number of rotatable bonds is 3. The molecule has 3 aromatic carbocycles. The Morgan fingerprint density at radius 2 is 1.85 bits per heavy atom. The van der Waals surface area contributed by atoms with E-state index in [4.69, 9.17) is 11.6 Å². The molecular formula is C26H24ClN3O2S. The first kappa shape index (κ1) is 21.9. The minimum atomic E-state index is -1.08. The third-order valence-electron chi connectivity index (χ3n) is 6.09. The highest BCUT2D eigenvalue weighted by Gasteiger charge is 2.59. The van der Waals surface area contributed by atoms with Crippen molar-refractivity contribution in [1.29, 1.82) is 0 Å². The topological polar surface area (TPSA) is 52.7 Å². The number of anilines is 2. The quantitative estimate of drug-likeness (QED) is 0.508. The van der Waals surface area contributed by atoms with Crippen LogP contribution in [0.3, 0.4) is 0 Å². The van der Waals surface area contributed by atoms with E-state index in [2.05, 4.69) is 11.4 Å². The van der Waals surface area contributed by atoms with Gasteiger partial charge in [-0.2, -0.15) is 0 Å². The van der Waals surface area contributed by atoms with Gasteiger partial charge in [-0.1, -0.05) is 65.2 Å². The van der Waals surface area contributed by atoms with Crippen molar-refractivity contribution in [2.24, 2.45) is 0 Å². The lowest BCUT2D eigenvalue weighted by Crippen LogP contribution is -2.51. The summed E-state index contributed by atoms with van der Waals surface area (Å²) < 4.78 is 0. The molecule has 168 valence electrons. The zero-order chi connectivity index (χ0) is 23.2. The van der Waals surface area contributed by atoms with Gasteiger partial charge in [-0.15, -0.1) is 11.8 Å². The van der Waals surface area contributed by atoms with Crippen LogP contribution in [0.4, 0.5) is 16.2 Å². The summed E-state index contributed by atoms with van der Waals surface area (Å²) in [5.74, 6) is 0.605. The predicted octanol–water partition coefficient (Wildman–Crippen LogP) is 5.94. The maximum atomic E-state index is 14.1. The Morgan fingerprint density at radius 1 is 1.06 bits per heavy atom. The second-order valence-corrected chi connectivity index (χ2v) is 10.2. The van der Waals surface area contributed by atoms with Gasteiger partial charge in [-0.05, 0) is 43.7 Å². The first-order valence-corrected chi connectivity index (χ1v) is 12.2. The molecule has 2 aliphatic rings. The molecule has 7 heteroatoms. The first-order chi connectivity index (χ1) is 15.9. The number of urea groups is 1. The minimum absolute atomic E-state index is 0.0756. The Labute approximate surface area is 202 Å². The van der Waals surface area contributed by atoms with Crippen LogP contribution in [-0.2, 0) is 16.2 Å². The second-order valence-electron chi connectivity index (χ2n) is 8.49. The molecule has 1 N–H and O–H groups in total. The van der Waals surface area contributed by atoms with Crippen molar-refractivity contribution in [3.8, 4) is 0 Å². The molecule has 5 rings (SSSR count). The van der Waals surface area contributed by atoms with Crippen molar-refractivity contribution in [2.75, 3.05) is 22.5 Å². The number of hydrogen-bond acceptors (Lipinski definition) is 3. The number of nitrogens with zero attached hydrogens (tertiary/aromatic N) is 2. The van der Waals surface area contributed by atoms with Gasteiger partial charge in [-0.25, -0.2) is 4.79 Å². The van der Waals surface area contributed by atoms with Gasteiger partial charge in [0.05, 0.1) is 12.2 Å². The SMILES string of the molecule is Cc1cccc(CN2C(=O)[C@]3(SCCN3C(=O)Nc3cccc(Cl)c3)c3cc(C)ccc32)c1. The van der Waals surface area contributed by atoms with E-state index in [0.717, 1.165) is 27.9 Å². The van der Waals surface area contributed by atoms with E-state index < -0.39 is 4.87 Å². The molecular weight excluding hydrogens is 454 g/mol. The molecule has 33 heavy (non-hydrogen) atoms. The third kappa shape index (κ3) is 3.77. The number of amides is 3. The number of thioether (sulfide) groups is 1. The van der Waals surface area contributed by atoms with E-state index in [1.807, 2.05) is 55.1 Å². The zero-order valence-corrected chi connectivity index (χ0v) is 20.0. The van der Waals surface area contributed by atoms with Crippen LogP contribution in [0.15, 0.2) is 66.7 Å². The van der Waals surface area contributed by atoms with Crippen LogP contribution in [0.1, 0.15) is 22.3 Å². The highest BCUT2D eigenvalue weighted by Crippen LogP contribution is 2.54. The smallest absolute Gasteiger partial charge is 0.308 e. The van der Waals surface area contributed by atoms with E-state index in [9.17, 15) is 9.59 Å². The van der Waals surface area contributed by atoms with Gasteiger partial charge >= 0.3 is 6.03 Å². The molecule has 3 amide bonds. The Morgan fingerprint density at radius 3 is 2.64 bits per heavy atom. The summed E-state index contributed by atoms with van der Waals surface area (Å²) in [4.78, 5) is 29.9. The summed E-state index contributed by atoms with van der Waals surface area (Å²) in [5, 5.41) is 3.47. The van der Waals surface area contributed by atoms with Gasteiger partial charge < -0.3 is 10.2 Å².